The van der Waals surface area contributed by atoms with Gasteiger partial charge in [-0.15, -0.1) is 0 Å². The molecule has 1 aromatic rings. The lowest BCUT2D eigenvalue weighted by Gasteiger charge is -2.33. The van der Waals surface area contributed by atoms with E-state index in [9.17, 15) is 4.79 Å². The van der Waals surface area contributed by atoms with Crippen LogP contribution in [-0.4, -0.2) is 49.2 Å². The van der Waals surface area contributed by atoms with Crippen molar-refractivity contribution in [3.63, 3.8) is 0 Å². The monoisotopic (exact) mass is 387 g/mol. The average molecular weight is 388 g/mol. The van der Waals surface area contributed by atoms with E-state index in [-0.39, 0.29) is 11.9 Å². The molecule has 3 rings (SSSR count). The molecule has 0 aromatic heterocycles. The minimum Gasteiger partial charge on any atom is -0.490 e. The summed E-state index contributed by atoms with van der Waals surface area (Å²) in [7, 11) is 0. The largest absolute Gasteiger partial charge is 0.490 e. The molecule has 1 aliphatic carbocycles. The van der Waals surface area contributed by atoms with Gasteiger partial charge in [-0.25, -0.2) is 4.99 Å². The fourth-order valence-corrected chi connectivity index (χ4v) is 3.59. The second-order valence-electron chi connectivity index (χ2n) is 7.46. The third-order valence-corrected chi connectivity index (χ3v) is 5.47. The van der Waals surface area contributed by atoms with E-state index in [2.05, 4.69) is 23.2 Å². The Bertz CT molecular complexity index is 665. The molecular weight excluding hydrogens is 354 g/mol. The van der Waals surface area contributed by atoms with Crippen LogP contribution in [0.5, 0.6) is 5.75 Å². The van der Waals surface area contributed by atoms with Gasteiger partial charge >= 0.3 is 5.97 Å². The summed E-state index contributed by atoms with van der Waals surface area (Å²) in [5.74, 6) is 1.80. The molecule has 1 aromatic carbocycles. The van der Waals surface area contributed by atoms with Crippen LogP contribution in [0.1, 0.15) is 51.5 Å². The van der Waals surface area contributed by atoms with Crippen LogP contribution in [0.3, 0.4) is 0 Å². The van der Waals surface area contributed by atoms with Crippen molar-refractivity contribution in [1.29, 1.82) is 0 Å². The van der Waals surface area contributed by atoms with Crippen molar-refractivity contribution < 1.29 is 14.3 Å². The van der Waals surface area contributed by atoms with Crippen molar-refractivity contribution in [3.05, 3.63) is 29.8 Å². The molecule has 1 saturated carbocycles. The first-order valence-electron chi connectivity index (χ1n) is 10.7. The Morgan fingerprint density at radius 1 is 1.18 bits per heavy atom. The highest BCUT2D eigenvalue weighted by molar-refractivity contribution is 5.80. The average Bonchev–Trinajstić information content (AvgIpc) is 2.69. The first kappa shape index (κ1) is 20.5. The molecule has 0 radical (unpaired) electrons. The Kier molecular flexibility index (Phi) is 7.57. The Morgan fingerprint density at radius 3 is 2.57 bits per heavy atom. The maximum Gasteiger partial charge on any atom is 0.309 e. The summed E-state index contributed by atoms with van der Waals surface area (Å²) in [5, 5.41) is 3.39. The number of carbonyl (C=O) groups is 1. The number of carbonyl (C=O) groups excluding carboxylic acids is 1. The van der Waals surface area contributed by atoms with Crippen molar-refractivity contribution in [2.75, 3.05) is 26.2 Å². The van der Waals surface area contributed by atoms with Crippen LogP contribution in [-0.2, 0) is 16.1 Å². The summed E-state index contributed by atoms with van der Waals surface area (Å²) in [6, 6.07) is 8.19. The minimum atomic E-state index is -0.0637. The second-order valence-corrected chi connectivity index (χ2v) is 7.46. The normalized spacial score (nSPS) is 18.5. The lowest BCUT2D eigenvalue weighted by atomic mass is 9.96. The number of guanidine groups is 1. The van der Waals surface area contributed by atoms with Gasteiger partial charge in [0.25, 0.3) is 0 Å². The third-order valence-electron chi connectivity index (χ3n) is 5.47. The molecule has 6 nitrogen and oxygen atoms in total. The zero-order valence-corrected chi connectivity index (χ0v) is 17.2. The van der Waals surface area contributed by atoms with Crippen LogP contribution in [0.4, 0.5) is 0 Å². The van der Waals surface area contributed by atoms with Gasteiger partial charge in [0.05, 0.1) is 25.2 Å². The molecule has 0 bridgehead atoms. The second kappa shape index (κ2) is 10.3. The molecular formula is C22H33N3O3. The lowest BCUT2D eigenvalue weighted by Crippen LogP contribution is -2.46. The van der Waals surface area contributed by atoms with Crippen LogP contribution >= 0.6 is 0 Å². The van der Waals surface area contributed by atoms with E-state index in [1.807, 2.05) is 25.1 Å². The topological polar surface area (TPSA) is 63.2 Å². The summed E-state index contributed by atoms with van der Waals surface area (Å²) in [5.41, 5.74) is 1.12. The first-order valence-corrected chi connectivity index (χ1v) is 10.7. The van der Waals surface area contributed by atoms with Gasteiger partial charge in [-0.05, 0) is 52.0 Å². The van der Waals surface area contributed by atoms with E-state index in [0.717, 1.165) is 62.6 Å². The molecule has 1 saturated heterocycles. The highest BCUT2D eigenvalue weighted by Crippen LogP contribution is 2.28. The molecule has 154 valence electrons. The van der Waals surface area contributed by atoms with E-state index < -0.39 is 0 Å². The Balaban J connectivity index is 1.61. The summed E-state index contributed by atoms with van der Waals surface area (Å²) >= 11 is 0. The summed E-state index contributed by atoms with van der Waals surface area (Å²) in [6.45, 7) is 7.42. The van der Waals surface area contributed by atoms with Crippen molar-refractivity contribution in [3.8, 4) is 5.75 Å². The molecule has 0 unspecified atom stereocenters. The molecule has 2 fully saturated rings. The Hall–Kier alpha value is -2.24. The molecule has 1 heterocycles. The molecule has 1 aliphatic heterocycles. The van der Waals surface area contributed by atoms with Gasteiger partial charge in [0.1, 0.15) is 5.75 Å². The molecule has 2 aliphatic rings. The zero-order valence-electron chi connectivity index (χ0n) is 17.2. The van der Waals surface area contributed by atoms with Gasteiger partial charge in [-0.3, -0.25) is 4.79 Å². The van der Waals surface area contributed by atoms with Crippen molar-refractivity contribution in [2.24, 2.45) is 10.9 Å². The van der Waals surface area contributed by atoms with Gasteiger partial charge in [0, 0.05) is 25.2 Å². The lowest BCUT2D eigenvalue weighted by molar-refractivity contribution is -0.149. The SMILES string of the molecule is CCNC(=NCc1ccccc1OC1CCC1)N1CCC(C(=O)OCC)CC1. The fourth-order valence-electron chi connectivity index (χ4n) is 3.59. The molecule has 6 heteroatoms. The molecule has 28 heavy (non-hydrogen) atoms. The third kappa shape index (κ3) is 5.40. The molecule has 0 spiro atoms. The Labute approximate surface area is 168 Å². The molecule has 0 amide bonds. The van der Waals surface area contributed by atoms with E-state index >= 15 is 0 Å². The summed E-state index contributed by atoms with van der Waals surface area (Å²) in [6.07, 6.45) is 5.54. The number of piperidine rings is 1. The fraction of sp³-hybridized carbons (Fsp3) is 0.636. The number of ether oxygens (including phenoxy) is 2. The standard InChI is InChI=1S/C22H33N3O3/c1-3-23-22(25-14-12-17(13-15-25)21(26)27-4-2)24-16-18-8-5-6-11-20(18)28-19-9-7-10-19/h5-6,8,11,17,19H,3-4,7,9-10,12-16H2,1-2H3,(H,23,24). The minimum absolute atomic E-state index is 0.00989. The van der Waals surface area contributed by atoms with E-state index in [4.69, 9.17) is 14.5 Å². The first-order chi connectivity index (χ1) is 13.7. The van der Waals surface area contributed by atoms with Crippen LogP contribution in [0.2, 0.25) is 0 Å². The zero-order chi connectivity index (χ0) is 19.8. The number of aliphatic imine (C=N–C) groups is 1. The summed E-state index contributed by atoms with van der Waals surface area (Å²) in [4.78, 5) is 19.1. The van der Waals surface area contributed by atoms with Crippen LogP contribution in [0.15, 0.2) is 29.3 Å². The van der Waals surface area contributed by atoms with Crippen LogP contribution in [0, 0.1) is 5.92 Å². The highest BCUT2D eigenvalue weighted by Gasteiger charge is 2.27. The number of hydrogen-bond donors (Lipinski definition) is 1. The van der Waals surface area contributed by atoms with Gasteiger partial charge < -0.3 is 19.7 Å². The number of nitrogens with one attached hydrogen (secondary N) is 1. The summed E-state index contributed by atoms with van der Waals surface area (Å²) < 4.78 is 11.3. The number of likely N-dealkylation sites (tertiary alicyclic amines) is 1. The van der Waals surface area contributed by atoms with Crippen molar-refractivity contribution in [2.45, 2.75) is 58.6 Å². The number of esters is 1. The Morgan fingerprint density at radius 2 is 1.93 bits per heavy atom. The number of rotatable bonds is 7. The smallest absolute Gasteiger partial charge is 0.309 e. The number of hydrogen-bond acceptors (Lipinski definition) is 4. The maximum atomic E-state index is 12.0. The number of benzene rings is 1. The van der Waals surface area contributed by atoms with Crippen LogP contribution in [0.25, 0.3) is 0 Å². The number of nitrogens with zero attached hydrogens (tertiary/aromatic N) is 2. The highest BCUT2D eigenvalue weighted by atomic mass is 16.5. The number of para-hydroxylation sites is 1. The molecule has 0 atom stereocenters. The van der Waals surface area contributed by atoms with E-state index in [1.54, 1.807) is 0 Å². The van der Waals surface area contributed by atoms with E-state index in [0.29, 0.717) is 19.3 Å². The molecule has 1 N–H and O–H groups in total. The maximum absolute atomic E-state index is 12.0. The van der Waals surface area contributed by atoms with Crippen molar-refractivity contribution >= 4 is 11.9 Å². The van der Waals surface area contributed by atoms with Gasteiger partial charge in [0.15, 0.2) is 5.96 Å². The van der Waals surface area contributed by atoms with Crippen molar-refractivity contribution in [1.82, 2.24) is 10.2 Å². The predicted molar refractivity (Wildman–Crippen MR) is 110 cm³/mol. The predicted octanol–water partition coefficient (Wildman–Crippen LogP) is 3.36. The van der Waals surface area contributed by atoms with Gasteiger partial charge in [-0.2, -0.15) is 0 Å². The van der Waals surface area contributed by atoms with Gasteiger partial charge in [-0.1, -0.05) is 18.2 Å². The van der Waals surface area contributed by atoms with Crippen LogP contribution < -0.4 is 10.1 Å². The van der Waals surface area contributed by atoms with E-state index in [1.165, 1.54) is 6.42 Å². The van der Waals surface area contributed by atoms with Gasteiger partial charge in [0.2, 0.25) is 0 Å². The quantitative estimate of drug-likeness (QED) is 0.442.